The van der Waals surface area contributed by atoms with Crippen LogP contribution in [-0.2, 0) is 14.4 Å². The molecule has 0 aliphatic heterocycles. The molecule has 1 amide bonds. The van der Waals surface area contributed by atoms with Gasteiger partial charge in [0.25, 0.3) is 0 Å². The van der Waals surface area contributed by atoms with Gasteiger partial charge in [0, 0.05) is 22.5 Å². The third kappa shape index (κ3) is 3.68. The minimum atomic E-state index is -1.69. The topological polar surface area (TPSA) is 124 Å². The van der Waals surface area contributed by atoms with Crippen LogP contribution in [0.3, 0.4) is 0 Å². The molecule has 0 aromatic heterocycles. The number of amides is 1. The van der Waals surface area contributed by atoms with Crippen LogP contribution in [0, 0.1) is 11.2 Å². The highest BCUT2D eigenvalue weighted by Gasteiger charge is 2.60. The normalized spacial score (nSPS) is 23.1. The maximum Gasteiger partial charge on any atom is 0.394 e. The lowest BCUT2D eigenvalue weighted by molar-refractivity contribution is -0.165. The third-order valence-corrected chi connectivity index (χ3v) is 5.54. The number of halogens is 2. The molecular weight excluding hydrogens is 405 g/mol. The summed E-state index contributed by atoms with van der Waals surface area (Å²) in [7, 11) is 0. The van der Waals surface area contributed by atoms with Crippen molar-refractivity contribution in [2.45, 2.75) is 18.4 Å². The number of hydrogen-bond acceptors (Lipinski definition) is 4. The molecular formula is C20H17ClFNO6. The Kier molecular flexibility index (Phi) is 5.59. The van der Waals surface area contributed by atoms with Crippen molar-refractivity contribution in [2.75, 3.05) is 6.61 Å². The molecule has 0 radical (unpaired) electrons. The summed E-state index contributed by atoms with van der Waals surface area (Å²) in [6.45, 7) is -0.683. The van der Waals surface area contributed by atoms with Gasteiger partial charge in [0.05, 0.1) is 6.61 Å². The van der Waals surface area contributed by atoms with Gasteiger partial charge in [-0.15, -0.1) is 0 Å². The van der Waals surface area contributed by atoms with Crippen molar-refractivity contribution in [3.05, 3.63) is 58.9 Å². The van der Waals surface area contributed by atoms with Crippen molar-refractivity contribution in [2.24, 2.45) is 5.41 Å². The van der Waals surface area contributed by atoms with E-state index in [4.69, 9.17) is 16.7 Å². The monoisotopic (exact) mass is 421 g/mol. The number of carboxylic acids is 2. The molecule has 1 aliphatic carbocycles. The van der Waals surface area contributed by atoms with E-state index in [9.17, 15) is 29.0 Å². The Morgan fingerprint density at radius 3 is 2.34 bits per heavy atom. The van der Waals surface area contributed by atoms with E-state index < -0.39 is 47.6 Å². The predicted octanol–water partition coefficient (Wildman–Crippen LogP) is 2.27. The summed E-state index contributed by atoms with van der Waals surface area (Å²) in [5.41, 5.74) is -0.321. The summed E-state index contributed by atoms with van der Waals surface area (Å²) >= 11 is 5.92. The SMILES string of the molecule is O=C(O)C(=O)N[C@H]1C[C@@](CO)(C(=O)O)C1c1ccc(-c2cc(Cl)ccc2F)cc1. The predicted molar refractivity (Wildman–Crippen MR) is 101 cm³/mol. The molecule has 1 aliphatic rings. The Labute approximate surface area is 169 Å². The number of benzene rings is 2. The molecule has 2 aromatic carbocycles. The number of carbonyl (C=O) groups is 3. The quantitative estimate of drug-likeness (QED) is 0.549. The number of rotatable bonds is 5. The zero-order valence-electron chi connectivity index (χ0n) is 14.9. The first kappa shape index (κ1) is 20.8. The molecule has 2 aromatic rings. The molecule has 1 saturated carbocycles. The summed E-state index contributed by atoms with van der Waals surface area (Å²) in [5.74, 6) is -5.53. The Bertz CT molecular complexity index is 979. The highest BCUT2D eigenvalue weighted by Crippen LogP contribution is 2.53. The smallest absolute Gasteiger partial charge is 0.394 e. The van der Waals surface area contributed by atoms with Crippen molar-refractivity contribution < 1.29 is 34.1 Å². The van der Waals surface area contributed by atoms with Gasteiger partial charge >= 0.3 is 17.8 Å². The summed E-state index contributed by atoms with van der Waals surface area (Å²) in [6, 6.07) is 9.60. The molecule has 3 rings (SSSR count). The lowest BCUT2D eigenvalue weighted by Crippen LogP contribution is -2.63. The zero-order valence-corrected chi connectivity index (χ0v) is 15.7. The van der Waals surface area contributed by atoms with Gasteiger partial charge in [0.1, 0.15) is 11.2 Å². The van der Waals surface area contributed by atoms with E-state index in [0.717, 1.165) is 0 Å². The highest BCUT2D eigenvalue weighted by molar-refractivity contribution is 6.31. The number of carbonyl (C=O) groups excluding carboxylic acids is 1. The maximum atomic E-state index is 14.1. The first-order valence-electron chi connectivity index (χ1n) is 8.63. The maximum absolute atomic E-state index is 14.1. The fraction of sp³-hybridized carbons (Fsp3) is 0.250. The van der Waals surface area contributed by atoms with E-state index in [-0.39, 0.29) is 12.0 Å². The summed E-state index contributed by atoms with van der Waals surface area (Å²) in [4.78, 5) is 34.1. The van der Waals surface area contributed by atoms with Crippen LogP contribution in [0.1, 0.15) is 17.9 Å². The highest BCUT2D eigenvalue weighted by atomic mass is 35.5. The standard InChI is InChI=1S/C20H17ClFNO6/c21-12-5-6-14(22)13(7-12)10-1-3-11(4-2-10)16-15(23-17(25)18(26)27)8-20(16,9-24)19(28)29/h1-7,15-16,24H,8-9H2,(H,23,25)(H,26,27)(H,28,29)/t15-,16?,20-/m0/s1. The molecule has 7 nitrogen and oxygen atoms in total. The molecule has 152 valence electrons. The van der Waals surface area contributed by atoms with Gasteiger partial charge in [-0.2, -0.15) is 0 Å². The molecule has 29 heavy (non-hydrogen) atoms. The van der Waals surface area contributed by atoms with Crippen LogP contribution in [-0.4, -0.2) is 45.8 Å². The van der Waals surface area contributed by atoms with E-state index in [1.165, 1.54) is 18.2 Å². The van der Waals surface area contributed by atoms with E-state index in [1.807, 2.05) is 0 Å². The second kappa shape index (κ2) is 7.81. The van der Waals surface area contributed by atoms with Gasteiger partial charge in [-0.3, -0.25) is 9.59 Å². The van der Waals surface area contributed by atoms with Crippen LogP contribution in [0.5, 0.6) is 0 Å². The van der Waals surface area contributed by atoms with Crippen LogP contribution >= 0.6 is 11.6 Å². The molecule has 0 bridgehead atoms. The number of aliphatic hydroxyl groups is 1. The van der Waals surface area contributed by atoms with E-state index >= 15 is 0 Å². The molecule has 1 unspecified atom stereocenters. The third-order valence-electron chi connectivity index (χ3n) is 5.31. The molecule has 3 atom stereocenters. The Balaban J connectivity index is 1.95. The van der Waals surface area contributed by atoms with E-state index in [2.05, 4.69) is 5.32 Å². The summed E-state index contributed by atoms with van der Waals surface area (Å²) in [6.07, 6.45) is -0.118. The van der Waals surface area contributed by atoms with E-state index in [1.54, 1.807) is 24.3 Å². The summed E-state index contributed by atoms with van der Waals surface area (Å²) < 4.78 is 14.1. The molecule has 0 saturated heterocycles. The Morgan fingerprint density at radius 2 is 1.79 bits per heavy atom. The first-order chi connectivity index (χ1) is 13.7. The van der Waals surface area contributed by atoms with Crippen LogP contribution in [0.4, 0.5) is 4.39 Å². The van der Waals surface area contributed by atoms with Crippen LogP contribution < -0.4 is 5.32 Å². The van der Waals surface area contributed by atoms with Crippen LogP contribution in [0.2, 0.25) is 5.02 Å². The fourth-order valence-corrected chi connectivity index (χ4v) is 3.99. The van der Waals surface area contributed by atoms with Crippen molar-refractivity contribution in [3.63, 3.8) is 0 Å². The molecule has 4 N–H and O–H groups in total. The Hall–Kier alpha value is -2.97. The van der Waals surface area contributed by atoms with Gasteiger partial charge in [0.2, 0.25) is 0 Å². The average molecular weight is 422 g/mol. The number of hydrogen-bond donors (Lipinski definition) is 4. The lowest BCUT2D eigenvalue weighted by atomic mass is 9.54. The number of aliphatic carboxylic acids is 2. The second-order valence-corrected chi connectivity index (χ2v) is 7.37. The van der Waals surface area contributed by atoms with Gasteiger partial charge in [0.15, 0.2) is 0 Å². The number of carboxylic acid groups (broad SMARTS) is 2. The molecule has 0 heterocycles. The van der Waals surface area contributed by atoms with Crippen LogP contribution in [0.25, 0.3) is 11.1 Å². The molecule has 1 fully saturated rings. The second-order valence-electron chi connectivity index (χ2n) is 6.93. The van der Waals surface area contributed by atoms with Crippen molar-refractivity contribution in [1.82, 2.24) is 5.32 Å². The van der Waals surface area contributed by atoms with Crippen LogP contribution in [0.15, 0.2) is 42.5 Å². The molecule has 9 heteroatoms. The van der Waals surface area contributed by atoms with Gasteiger partial charge in [-0.25, -0.2) is 9.18 Å². The van der Waals surface area contributed by atoms with Gasteiger partial charge in [-0.1, -0.05) is 35.9 Å². The summed E-state index contributed by atoms with van der Waals surface area (Å²) in [5, 5.41) is 30.8. The minimum absolute atomic E-state index is 0.118. The van der Waals surface area contributed by atoms with Crippen molar-refractivity contribution in [1.29, 1.82) is 0 Å². The van der Waals surface area contributed by atoms with Gasteiger partial charge in [-0.05, 0) is 35.7 Å². The van der Waals surface area contributed by atoms with Gasteiger partial charge < -0.3 is 20.6 Å². The fourth-order valence-electron chi connectivity index (χ4n) is 3.82. The van der Waals surface area contributed by atoms with Crippen molar-refractivity contribution >= 4 is 29.4 Å². The number of aliphatic hydroxyl groups excluding tert-OH is 1. The lowest BCUT2D eigenvalue weighted by Gasteiger charge is -2.51. The van der Waals surface area contributed by atoms with Crippen molar-refractivity contribution in [3.8, 4) is 11.1 Å². The minimum Gasteiger partial charge on any atom is -0.481 e. The molecule has 0 spiro atoms. The average Bonchev–Trinajstić information content (AvgIpc) is 2.66. The number of nitrogens with one attached hydrogen (secondary N) is 1. The first-order valence-corrected chi connectivity index (χ1v) is 9.01. The zero-order chi connectivity index (χ0) is 21.3. The largest absolute Gasteiger partial charge is 0.481 e. The van der Waals surface area contributed by atoms with E-state index in [0.29, 0.717) is 16.1 Å². The Morgan fingerprint density at radius 1 is 1.14 bits per heavy atom.